The highest BCUT2D eigenvalue weighted by Crippen LogP contribution is 2.32. The number of anilines is 2. The summed E-state index contributed by atoms with van der Waals surface area (Å²) in [5.41, 5.74) is 0. The van der Waals surface area contributed by atoms with E-state index in [4.69, 9.17) is 11.6 Å². The molecule has 1 aliphatic rings. The van der Waals surface area contributed by atoms with Crippen molar-refractivity contribution >= 4 is 35.1 Å². The van der Waals surface area contributed by atoms with E-state index in [1.807, 2.05) is 0 Å². The van der Waals surface area contributed by atoms with Crippen molar-refractivity contribution in [2.45, 2.75) is 50.8 Å². The van der Waals surface area contributed by atoms with Crippen molar-refractivity contribution in [2.75, 3.05) is 22.9 Å². The summed E-state index contributed by atoms with van der Waals surface area (Å²) < 4.78 is 0. The fraction of sp³-hybridized carbons (Fsp3) is 0.714. The highest BCUT2D eigenvalue weighted by molar-refractivity contribution is 7.99. The number of halogens is 1. The molecule has 112 valence electrons. The van der Waals surface area contributed by atoms with Crippen LogP contribution >= 0.6 is 23.4 Å². The van der Waals surface area contributed by atoms with Gasteiger partial charge in [-0.05, 0) is 31.4 Å². The molecule has 1 aliphatic carbocycles. The molecule has 2 rings (SSSR count). The van der Waals surface area contributed by atoms with Crippen LogP contribution in [-0.4, -0.2) is 33.6 Å². The molecule has 0 amide bonds. The molecule has 0 spiro atoms. The first kappa shape index (κ1) is 15.7. The lowest BCUT2D eigenvalue weighted by Gasteiger charge is -2.15. The second-order valence-corrected chi connectivity index (χ2v) is 7.03. The van der Waals surface area contributed by atoms with Crippen LogP contribution in [0.1, 0.15) is 39.5 Å². The van der Waals surface area contributed by atoms with Gasteiger partial charge in [-0.15, -0.1) is 0 Å². The van der Waals surface area contributed by atoms with E-state index in [0.717, 1.165) is 24.0 Å². The Morgan fingerprint density at radius 3 is 3.00 bits per heavy atom. The Morgan fingerprint density at radius 1 is 1.40 bits per heavy atom. The van der Waals surface area contributed by atoms with Crippen LogP contribution in [0.3, 0.4) is 0 Å². The summed E-state index contributed by atoms with van der Waals surface area (Å²) in [6.45, 7) is 5.21. The van der Waals surface area contributed by atoms with Crippen molar-refractivity contribution in [1.82, 2.24) is 9.97 Å². The Morgan fingerprint density at radius 2 is 2.25 bits per heavy atom. The molecule has 20 heavy (non-hydrogen) atoms. The third-order valence-corrected chi connectivity index (χ3v) is 4.91. The van der Waals surface area contributed by atoms with Gasteiger partial charge < -0.3 is 10.6 Å². The summed E-state index contributed by atoms with van der Waals surface area (Å²) >= 11 is 8.24. The third-order valence-electron chi connectivity index (χ3n) is 3.40. The maximum atomic E-state index is 6.19. The summed E-state index contributed by atoms with van der Waals surface area (Å²) in [6.07, 6.45) is 6.38. The quantitative estimate of drug-likeness (QED) is 0.795. The molecule has 6 heteroatoms. The second-order valence-electron chi connectivity index (χ2n) is 5.05. The van der Waals surface area contributed by atoms with Crippen molar-refractivity contribution in [3.8, 4) is 0 Å². The van der Waals surface area contributed by atoms with Gasteiger partial charge in [0.15, 0.2) is 5.82 Å². The number of hydrogen-bond donors (Lipinski definition) is 2. The van der Waals surface area contributed by atoms with Crippen LogP contribution in [0.15, 0.2) is 6.20 Å². The van der Waals surface area contributed by atoms with E-state index < -0.39 is 0 Å². The van der Waals surface area contributed by atoms with Crippen LogP contribution in [0.2, 0.25) is 5.02 Å². The molecule has 0 aromatic carbocycles. The van der Waals surface area contributed by atoms with Gasteiger partial charge in [0.25, 0.3) is 0 Å². The van der Waals surface area contributed by atoms with Crippen molar-refractivity contribution in [1.29, 1.82) is 0 Å². The zero-order valence-corrected chi connectivity index (χ0v) is 13.7. The maximum absolute atomic E-state index is 6.19. The molecule has 1 saturated carbocycles. The fourth-order valence-electron chi connectivity index (χ4n) is 2.44. The summed E-state index contributed by atoms with van der Waals surface area (Å²) in [7, 11) is 0. The minimum atomic E-state index is 0.477. The third kappa shape index (κ3) is 4.42. The second kappa shape index (κ2) is 7.93. The number of hydrogen-bond acceptors (Lipinski definition) is 5. The normalized spacial score (nSPS) is 21.9. The molecular formula is C14H23ClN4S. The van der Waals surface area contributed by atoms with Gasteiger partial charge in [-0.2, -0.15) is 16.7 Å². The van der Waals surface area contributed by atoms with E-state index in [0.29, 0.717) is 17.0 Å². The molecule has 2 unspecified atom stereocenters. The van der Waals surface area contributed by atoms with Crippen LogP contribution in [-0.2, 0) is 0 Å². The average molecular weight is 315 g/mol. The number of rotatable bonds is 7. The minimum absolute atomic E-state index is 0.477. The van der Waals surface area contributed by atoms with Crippen LogP contribution in [0.25, 0.3) is 0 Å². The molecule has 1 fully saturated rings. The van der Waals surface area contributed by atoms with E-state index in [1.165, 1.54) is 25.0 Å². The molecular weight excluding hydrogens is 292 g/mol. The molecule has 4 nitrogen and oxygen atoms in total. The maximum Gasteiger partial charge on any atom is 0.224 e. The Hall–Kier alpha value is -0.680. The molecule has 2 N–H and O–H groups in total. The van der Waals surface area contributed by atoms with E-state index in [2.05, 4.69) is 46.2 Å². The Labute approximate surface area is 130 Å². The zero-order valence-electron chi connectivity index (χ0n) is 12.2. The lowest BCUT2D eigenvalue weighted by molar-refractivity contribution is 0.751. The fourth-order valence-corrected chi connectivity index (χ4v) is 3.73. The van der Waals surface area contributed by atoms with Crippen LogP contribution in [0, 0.1) is 0 Å². The van der Waals surface area contributed by atoms with Crippen LogP contribution < -0.4 is 10.6 Å². The van der Waals surface area contributed by atoms with Crippen molar-refractivity contribution in [2.24, 2.45) is 0 Å². The van der Waals surface area contributed by atoms with E-state index >= 15 is 0 Å². The molecule has 1 heterocycles. The number of nitrogens with one attached hydrogen (secondary N) is 2. The standard InChI is InChI=1S/C14H23ClN4S/c1-3-7-16-14-17-9-12(15)13(19-14)18-10-5-6-11(8-10)20-4-2/h9-11H,3-8H2,1-2H3,(H2,16,17,18,19). The van der Waals surface area contributed by atoms with E-state index in [9.17, 15) is 0 Å². The van der Waals surface area contributed by atoms with Gasteiger partial charge in [0.1, 0.15) is 5.02 Å². The molecule has 0 aliphatic heterocycles. The topological polar surface area (TPSA) is 49.8 Å². The number of nitrogens with zero attached hydrogens (tertiary/aromatic N) is 2. The van der Waals surface area contributed by atoms with E-state index in [1.54, 1.807) is 6.20 Å². The SMILES string of the molecule is CCCNc1ncc(Cl)c(NC2CCC(SCC)C2)n1. The highest BCUT2D eigenvalue weighted by Gasteiger charge is 2.25. The van der Waals surface area contributed by atoms with Gasteiger partial charge in [0, 0.05) is 17.8 Å². The first-order valence-electron chi connectivity index (χ1n) is 7.37. The molecule has 1 aromatic rings. The molecule has 0 radical (unpaired) electrons. The van der Waals surface area contributed by atoms with Gasteiger partial charge in [-0.25, -0.2) is 4.98 Å². The van der Waals surface area contributed by atoms with Gasteiger partial charge in [-0.1, -0.05) is 25.4 Å². The summed E-state index contributed by atoms with van der Waals surface area (Å²) in [6, 6.07) is 0.477. The monoisotopic (exact) mass is 314 g/mol. The van der Waals surface area contributed by atoms with Gasteiger partial charge >= 0.3 is 0 Å². The summed E-state index contributed by atoms with van der Waals surface area (Å²) in [5.74, 6) is 2.60. The molecule has 1 aromatic heterocycles. The van der Waals surface area contributed by atoms with Crippen LogP contribution in [0.4, 0.5) is 11.8 Å². The molecule has 0 saturated heterocycles. The van der Waals surface area contributed by atoms with Gasteiger partial charge in [0.2, 0.25) is 5.95 Å². The Bertz CT molecular complexity index is 430. The minimum Gasteiger partial charge on any atom is -0.366 e. The van der Waals surface area contributed by atoms with Crippen molar-refractivity contribution in [3.63, 3.8) is 0 Å². The predicted molar refractivity (Wildman–Crippen MR) is 89.0 cm³/mol. The Kier molecular flexibility index (Phi) is 6.23. The van der Waals surface area contributed by atoms with E-state index in [-0.39, 0.29) is 0 Å². The zero-order chi connectivity index (χ0) is 14.4. The summed E-state index contributed by atoms with van der Waals surface area (Å²) in [4.78, 5) is 8.67. The van der Waals surface area contributed by atoms with Gasteiger partial charge in [0.05, 0.1) is 6.20 Å². The summed E-state index contributed by atoms with van der Waals surface area (Å²) in [5, 5.41) is 8.04. The largest absolute Gasteiger partial charge is 0.366 e. The average Bonchev–Trinajstić information content (AvgIpc) is 2.87. The van der Waals surface area contributed by atoms with Crippen molar-refractivity contribution < 1.29 is 0 Å². The molecule has 0 bridgehead atoms. The van der Waals surface area contributed by atoms with Gasteiger partial charge in [-0.3, -0.25) is 0 Å². The smallest absolute Gasteiger partial charge is 0.224 e. The first-order valence-corrected chi connectivity index (χ1v) is 8.80. The van der Waals surface area contributed by atoms with Crippen molar-refractivity contribution in [3.05, 3.63) is 11.2 Å². The van der Waals surface area contributed by atoms with Crippen LogP contribution in [0.5, 0.6) is 0 Å². The number of aromatic nitrogens is 2. The Balaban J connectivity index is 1.94. The first-order chi connectivity index (χ1) is 9.72. The lowest BCUT2D eigenvalue weighted by Crippen LogP contribution is -2.18. The molecule has 2 atom stereocenters. The highest BCUT2D eigenvalue weighted by atomic mass is 35.5. The lowest BCUT2D eigenvalue weighted by atomic mass is 10.2. The number of thioether (sulfide) groups is 1. The predicted octanol–water partition coefficient (Wildman–Crippen LogP) is 4.04.